The van der Waals surface area contributed by atoms with E-state index >= 15 is 0 Å². The van der Waals surface area contributed by atoms with Gasteiger partial charge in [-0.3, -0.25) is 4.79 Å². The molecule has 0 aromatic heterocycles. The zero-order valence-electron chi connectivity index (χ0n) is 11.7. The van der Waals surface area contributed by atoms with Crippen molar-refractivity contribution < 1.29 is 9.53 Å². The molecule has 1 aliphatic carbocycles. The summed E-state index contributed by atoms with van der Waals surface area (Å²) in [6, 6.07) is 10.4. The minimum absolute atomic E-state index is 0.0120. The van der Waals surface area contributed by atoms with Crippen LogP contribution in [0.4, 0.5) is 0 Å². The Hall–Kier alpha value is -1.39. The van der Waals surface area contributed by atoms with E-state index in [2.05, 4.69) is 22.8 Å². The fourth-order valence-electron chi connectivity index (χ4n) is 2.89. The van der Waals surface area contributed by atoms with Crippen LogP contribution in [0.5, 0.6) is 0 Å². The zero-order chi connectivity index (χ0) is 13.8. The minimum Gasteiger partial charge on any atom is -0.366 e. The number of benzene rings is 1. The molecule has 20 heavy (non-hydrogen) atoms. The molecule has 1 heterocycles. The normalized spacial score (nSPS) is 24.7. The number of carbonyl (C=O) groups is 1. The van der Waals surface area contributed by atoms with Crippen molar-refractivity contribution in [3.63, 3.8) is 0 Å². The zero-order valence-corrected chi connectivity index (χ0v) is 11.7. The second-order valence-corrected chi connectivity index (χ2v) is 5.65. The summed E-state index contributed by atoms with van der Waals surface area (Å²) in [4.78, 5) is 12.4. The Morgan fingerprint density at radius 2 is 2.10 bits per heavy atom. The van der Waals surface area contributed by atoms with E-state index in [0.717, 1.165) is 6.54 Å². The summed E-state index contributed by atoms with van der Waals surface area (Å²) in [6.07, 6.45) is 3.31. The van der Waals surface area contributed by atoms with Crippen molar-refractivity contribution in [2.75, 3.05) is 19.7 Å². The number of rotatable bonds is 4. The van der Waals surface area contributed by atoms with E-state index in [1.165, 1.54) is 24.8 Å². The highest BCUT2D eigenvalue weighted by Gasteiger charge is 2.32. The summed E-state index contributed by atoms with van der Waals surface area (Å²) >= 11 is 0. The van der Waals surface area contributed by atoms with Crippen LogP contribution < -0.4 is 10.6 Å². The lowest BCUT2D eigenvalue weighted by Crippen LogP contribution is -2.49. The first-order valence-corrected chi connectivity index (χ1v) is 7.52. The molecule has 2 N–H and O–H groups in total. The van der Waals surface area contributed by atoms with Gasteiger partial charge in [-0.2, -0.15) is 0 Å². The Kier molecular flexibility index (Phi) is 4.33. The third kappa shape index (κ3) is 3.02. The highest BCUT2D eigenvalue weighted by Crippen LogP contribution is 2.37. The third-order valence-corrected chi connectivity index (χ3v) is 4.30. The molecule has 1 amide bonds. The number of carbonyl (C=O) groups excluding carboxylic acids is 1. The van der Waals surface area contributed by atoms with Crippen molar-refractivity contribution in [1.82, 2.24) is 10.6 Å². The Morgan fingerprint density at radius 1 is 1.30 bits per heavy atom. The summed E-state index contributed by atoms with van der Waals surface area (Å²) in [5.74, 6) is 0.579. The van der Waals surface area contributed by atoms with Crippen molar-refractivity contribution in [3.05, 3.63) is 35.9 Å². The average molecular weight is 274 g/mol. The molecule has 0 spiro atoms. The van der Waals surface area contributed by atoms with Crippen LogP contribution >= 0.6 is 0 Å². The van der Waals surface area contributed by atoms with Gasteiger partial charge in [-0.25, -0.2) is 0 Å². The van der Waals surface area contributed by atoms with Gasteiger partial charge in [0.25, 0.3) is 5.91 Å². The second-order valence-electron chi connectivity index (χ2n) is 5.65. The lowest BCUT2D eigenvalue weighted by molar-refractivity contribution is -0.135. The van der Waals surface area contributed by atoms with Crippen molar-refractivity contribution in [2.45, 2.75) is 31.4 Å². The number of nitrogens with one attached hydrogen (secondary N) is 2. The predicted molar refractivity (Wildman–Crippen MR) is 77.3 cm³/mol. The van der Waals surface area contributed by atoms with Gasteiger partial charge in [-0.15, -0.1) is 0 Å². The Labute approximate surface area is 119 Å². The molecule has 2 unspecified atom stereocenters. The lowest BCUT2D eigenvalue weighted by Gasteiger charge is -2.36. The molecule has 2 fully saturated rings. The SMILES string of the molecule is O=C(NC(c1ccccc1)C1CCC1)C1CNCCO1. The van der Waals surface area contributed by atoms with Crippen LogP contribution in [-0.4, -0.2) is 31.7 Å². The summed E-state index contributed by atoms with van der Waals surface area (Å²) in [6.45, 7) is 2.05. The van der Waals surface area contributed by atoms with Gasteiger partial charge >= 0.3 is 0 Å². The number of ether oxygens (including phenoxy) is 1. The molecule has 1 aromatic rings. The van der Waals surface area contributed by atoms with Crippen LogP contribution in [0.15, 0.2) is 30.3 Å². The fraction of sp³-hybridized carbons (Fsp3) is 0.562. The Balaban J connectivity index is 1.68. The first kappa shape index (κ1) is 13.6. The first-order valence-electron chi connectivity index (χ1n) is 7.52. The van der Waals surface area contributed by atoms with E-state index in [4.69, 9.17) is 4.74 Å². The van der Waals surface area contributed by atoms with Crippen LogP contribution in [0, 0.1) is 5.92 Å². The maximum absolute atomic E-state index is 12.4. The Morgan fingerprint density at radius 3 is 2.70 bits per heavy atom. The molecule has 3 rings (SSSR count). The van der Waals surface area contributed by atoms with Crippen molar-refractivity contribution in [1.29, 1.82) is 0 Å². The summed E-state index contributed by atoms with van der Waals surface area (Å²) < 4.78 is 5.53. The van der Waals surface area contributed by atoms with Gasteiger partial charge in [0.2, 0.25) is 0 Å². The average Bonchev–Trinajstić information content (AvgIpc) is 2.46. The lowest BCUT2D eigenvalue weighted by atomic mass is 9.77. The van der Waals surface area contributed by atoms with E-state index in [1.54, 1.807) is 0 Å². The largest absolute Gasteiger partial charge is 0.366 e. The minimum atomic E-state index is -0.352. The van der Waals surface area contributed by atoms with Crippen LogP contribution in [0.2, 0.25) is 0 Å². The van der Waals surface area contributed by atoms with E-state index in [-0.39, 0.29) is 18.1 Å². The molecule has 108 valence electrons. The van der Waals surface area contributed by atoms with Crippen molar-refractivity contribution in [3.8, 4) is 0 Å². The summed E-state index contributed by atoms with van der Waals surface area (Å²) in [5.41, 5.74) is 1.20. The van der Waals surface area contributed by atoms with Gasteiger partial charge in [0, 0.05) is 13.1 Å². The standard InChI is InChI=1S/C16H22N2O2/c19-16(14-11-17-9-10-20-14)18-15(13-7-4-8-13)12-5-2-1-3-6-12/h1-3,5-6,13-15,17H,4,7-11H2,(H,18,19). The molecule has 1 aromatic carbocycles. The van der Waals surface area contributed by atoms with Crippen LogP contribution in [-0.2, 0) is 9.53 Å². The molecule has 0 bridgehead atoms. The monoisotopic (exact) mass is 274 g/mol. The molecule has 2 aliphatic rings. The fourth-order valence-corrected chi connectivity index (χ4v) is 2.89. The maximum Gasteiger partial charge on any atom is 0.250 e. The number of hydrogen-bond donors (Lipinski definition) is 2. The maximum atomic E-state index is 12.4. The van der Waals surface area contributed by atoms with Gasteiger partial charge < -0.3 is 15.4 Å². The van der Waals surface area contributed by atoms with Gasteiger partial charge in [-0.05, 0) is 24.3 Å². The predicted octanol–water partition coefficient (Wildman–Crippen LogP) is 1.63. The highest BCUT2D eigenvalue weighted by molar-refractivity contribution is 5.81. The topological polar surface area (TPSA) is 50.4 Å². The molecule has 1 aliphatic heterocycles. The highest BCUT2D eigenvalue weighted by atomic mass is 16.5. The first-order chi connectivity index (χ1) is 9.84. The summed E-state index contributed by atoms with van der Waals surface area (Å²) in [5, 5.41) is 6.40. The van der Waals surface area contributed by atoms with Gasteiger partial charge in [0.15, 0.2) is 0 Å². The quantitative estimate of drug-likeness (QED) is 0.877. The van der Waals surface area contributed by atoms with Crippen molar-refractivity contribution in [2.24, 2.45) is 5.92 Å². The molecule has 2 atom stereocenters. The van der Waals surface area contributed by atoms with E-state index < -0.39 is 0 Å². The van der Waals surface area contributed by atoms with Gasteiger partial charge in [0.1, 0.15) is 6.10 Å². The van der Waals surface area contributed by atoms with E-state index in [1.807, 2.05) is 18.2 Å². The van der Waals surface area contributed by atoms with Gasteiger partial charge in [0.05, 0.1) is 12.6 Å². The van der Waals surface area contributed by atoms with E-state index in [9.17, 15) is 4.79 Å². The van der Waals surface area contributed by atoms with Crippen LogP contribution in [0.1, 0.15) is 30.9 Å². The summed E-state index contributed by atoms with van der Waals surface area (Å²) in [7, 11) is 0. The Bertz CT molecular complexity index is 439. The number of hydrogen-bond acceptors (Lipinski definition) is 3. The number of amides is 1. The number of morpholine rings is 1. The van der Waals surface area contributed by atoms with Crippen LogP contribution in [0.25, 0.3) is 0 Å². The molecule has 4 heteroatoms. The van der Waals surface area contributed by atoms with Crippen molar-refractivity contribution >= 4 is 5.91 Å². The smallest absolute Gasteiger partial charge is 0.250 e. The van der Waals surface area contributed by atoms with E-state index in [0.29, 0.717) is 19.1 Å². The van der Waals surface area contributed by atoms with Crippen LogP contribution in [0.3, 0.4) is 0 Å². The molecule has 0 radical (unpaired) electrons. The van der Waals surface area contributed by atoms with Gasteiger partial charge in [-0.1, -0.05) is 36.8 Å². The molecule has 1 saturated heterocycles. The molecule has 1 saturated carbocycles. The second kappa shape index (κ2) is 6.37. The molecular weight excluding hydrogens is 252 g/mol. The third-order valence-electron chi connectivity index (χ3n) is 4.30. The molecule has 4 nitrogen and oxygen atoms in total. The molecular formula is C16H22N2O2.